The molecule has 0 aliphatic heterocycles. The predicted molar refractivity (Wildman–Crippen MR) is 98.2 cm³/mol. The molecule has 6 heteroatoms. The first-order valence-electron chi connectivity index (χ1n) is 8.10. The second-order valence-electron chi connectivity index (χ2n) is 6.05. The van der Waals surface area contributed by atoms with Gasteiger partial charge in [-0.2, -0.15) is 0 Å². The van der Waals surface area contributed by atoms with Crippen molar-refractivity contribution in [3.05, 3.63) is 64.1 Å². The average Bonchev–Trinajstić information content (AvgIpc) is 3.42. The number of nitrogens with zero attached hydrogens (tertiary/aromatic N) is 1. The number of rotatable bonds is 7. The van der Waals surface area contributed by atoms with E-state index < -0.39 is 5.91 Å². The summed E-state index contributed by atoms with van der Waals surface area (Å²) in [5, 5.41) is 0. The van der Waals surface area contributed by atoms with Crippen molar-refractivity contribution < 1.29 is 14.3 Å². The summed E-state index contributed by atoms with van der Waals surface area (Å²) in [4.78, 5) is 25.9. The van der Waals surface area contributed by atoms with Crippen molar-refractivity contribution in [3.8, 4) is 5.75 Å². The first-order chi connectivity index (χ1) is 12.0. The summed E-state index contributed by atoms with van der Waals surface area (Å²) in [6.07, 6.45) is 2.01. The molecule has 25 heavy (non-hydrogen) atoms. The van der Waals surface area contributed by atoms with Crippen molar-refractivity contribution in [1.82, 2.24) is 4.90 Å². The van der Waals surface area contributed by atoms with E-state index in [1.54, 1.807) is 24.3 Å². The molecule has 1 aliphatic carbocycles. The fourth-order valence-electron chi connectivity index (χ4n) is 2.66. The Morgan fingerprint density at radius 3 is 2.60 bits per heavy atom. The Bertz CT molecular complexity index is 790. The third-order valence-corrected chi connectivity index (χ3v) is 4.47. The number of benzene rings is 2. The third kappa shape index (κ3) is 4.60. The van der Waals surface area contributed by atoms with Gasteiger partial charge in [-0.25, -0.2) is 0 Å². The highest BCUT2D eigenvalue weighted by atomic mass is 79.9. The smallest absolute Gasteiger partial charge is 0.258 e. The molecule has 2 amide bonds. The summed E-state index contributed by atoms with van der Waals surface area (Å²) in [6.45, 7) is 0.284. The van der Waals surface area contributed by atoms with E-state index in [4.69, 9.17) is 10.5 Å². The molecular formula is C19H19BrN2O3. The summed E-state index contributed by atoms with van der Waals surface area (Å²) in [5.41, 5.74) is 6.65. The van der Waals surface area contributed by atoms with Crippen LogP contribution in [0, 0.1) is 0 Å². The fourth-order valence-corrected chi connectivity index (χ4v) is 3.10. The Morgan fingerprint density at radius 2 is 1.92 bits per heavy atom. The van der Waals surface area contributed by atoms with Crippen LogP contribution >= 0.6 is 15.9 Å². The summed E-state index contributed by atoms with van der Waals surface area (Å²) in [7, 11) is 0. The highest BCUT2D eigenvalue weighted by Crippen LogP contribution is 2.32. The largest absolute Gasteiger partial charge is 0.483 e. The minimum Gasteiger partial charge on any atom is -0.483 e. The van der Waals surface area contributed by atoms with Gasteiger partial charge in [-0.05, 0) is 42.7 Å². The molecule has 2 N–H and O–H groups in total. The van der Waals surface area contributed by atoms with Crippen LogP contribution in [0.4, 0.5) is 0 Å². The zero-order valence-corrected chi connectivity index (χ0v) is 15.2. The van der Waals surface area contributed by atoms with Gasteiger partial charge in [0.1, 0.15) is 5.75 Å². The Kier molecular flexibility index (Phi) is 5.38. The minimum atomic E-state index is -0.574. The summed E-state index contributed by atoms with van der Waals surface area (Å²) in [5.74, 6) is -0.288. The number of carbonyl (C=O) groups is 2. The van der Waals surface area contributed by atoms with Crippen molar-refractivity contribution in [3.63, 3.8) is 0 Å². The SMILES string of the molecule is NC(=O)COc1ccccc1C(=O)N(Cc1cccc(Br)c1)C1CC1. The number of ether oxygens (including phenoxy) is 1. The zero-order chi connectivity index (χ0) is 17.8. The van der Waals surface area contributed by atoms with Gasteiger partial charge in [0.25, 0.3) is 11.8 Å². The lowest BCUT2D eigenvalue weighted by atomic mass is 10.1. The molecule has 2 aromatic carbocycles. The van der Waals surface area contributed by atoms with Gasteiger partial charge in [0.05, 0.1) is 5.56 Å². The molecule has 5 nitrogen and oxygen atoms in total. The molecule has 1 fully saturated rings. The van der Waals surface area contributed by atoms with Crippen LogP contribution in [-0.4, -0.2) is 29.4 Å². The van der Waals surface area contributed by atoms with Crippen LogP contribution in [0.2, 0.25) is 0 Å². The van der Waals surface area contributed by atoms with Crippen molar-refractivity contribution in [2.24, 2.45) is 5.73 Å². The second kappa shape index (κ2) is 7.70. The van der Waals surface area contributed by atoms with Crippen LogP contribution in [0.5, 0.6) is 5.75 Å². The molecule has 0 saturated heterocycles. The molecule has 1 saturated carbocycles. The molecule has 1 aliphatic rings. The summed E-state index contributed by atoms with van der Waals surface area (Å²) < 4.78 is 6.39. The van der Waals surface area contributed by atoms with Gasteiger partial charge in [-0.15, -0.1) is 0 Å². The number of halogens is 1. The van der Waals surface area contributed by atoms with E-state index in [0.717, 1.165) is 22.9 Å². The predicted octanol–water partition coefficient (Wildman–Crippen LogP) is 3.12. The molecule has 0 spiro atoms. The normalized spacial score (nSPS) is 13.3. The van der Waals surface area contributed by atoms with E-state index in [-0.39, 0.29) is 18.6 Å². The van der Waals surface area contributed by atoms with Crippen LogP contribution < -0.4 is 10.5 Å². The molecule has 0 heterocycles. The number of hydrogen-bond donors (Lipinski definition) is 1. The lowest BCUT2D eigenvalue weighted by Crippen LogP contribution is -2.33. The van der Waals surface area contributed by atoms with E-state index in [0.29, 0.717) is 17.9 Å². The summed E-state index contributed by atoms with van der Waals surface area (Å²) in [6, 6.07) is 15.1. The Hall–Kier alpha value is -2.34. The molecule has 130 valence electrons. The molecule has 2 aromatic rings. The maximum atomic E-state index is 13.1. The Morgan fingerprint density at radius 1 is 1.16 bits per heavy atom. The van der Waals surface area contributed by atoms with E-state index in [1.165, 1.54) is 0 Å². The van der Waals surface area contributed by atoms with Crippen molar-refractivity contribution >= 4 is 27.7 Å². The van der Waals surface area contributed by atoms with Gasteiger partial charge in [-0.1, -0.05) is 40.2 Å². The highest BCUT2D eigenvalue weighted by Gasteiger charge is 2.34. The van der Waals surface area contributed by atoms with Crippen molar-refractivity contribution in [2.45, 2.75) is 25.4 Å². The third-order valence-electron chi connectivity index (χ3n) is 3.98. The molecule has 0 aromatic heterocycles. The molecule has 3 rings (SSSR count). The van der Waals surface area contributed by atoms with E-state index in [1.807, 2.05) is 29.2 Å². The standard InChI is InChI=1S/C19H19BrN2O3/c20-14-5-3-4-13(10-14)11-22(15-8-9-15)19(24)16-6-1-2-7-17(16)25-12-18(21)23/h1-7,10,15H,8-9,11-12H2,(H2,21,23). The maximum Gasteiger partial charge on any atom is 0.258 e. The summed E-state index contributed by atoms with van der Waals surface area (Å²) >= 11 is 3.47. The van der Waals surface area contributed by atoms with Crippen molar-refractivity contribution in [2.75, 3.05) is 6.61 Å². The topological polar surface area (TPSA) is 72.6 Å². The van der Waals surface area contributed by atoms with Gasteiger partial charge in [0.2, 0.25) is 0 Å². The minimum absolute atomic E-state index is 0.0949. The highest BCUT2D eigenvalue weighted by molar-refractivity contribution is 9.10. The Labute approximate surface area is 154 Å². The zero-order valence-electron chi connectivity index (χ0n) is 13.7. The van der Waals surface area contributed by atoms with E-state index in [2.05, 4.69) is 15.9 Å². The molecule has 0 unspecified atom stereocenters. The number of para-hydroxylation sites is 1. The first kappa shape index (κ1) is 17.5. The van der Waals surface area contributed by atoms with Crippen LogP contribution in [0.25, 0.3) is 0 Å². The van der Waals surface area contributed by atoms with Crippen LogP contribution in [0.3, 0.4) is 0 Å². The number of nitrogens with two attached hydrogens (primary N) is 1. The number of hydrogen-bond acceptors (Lipinski definition) is 3. The lowest BCUT2D eigenvalue weighted by molar-refractivity contribution is -0.119. The van der Waals surface area contributed by atoms with Crippen LogP contribution in [0.15, 0.2) is 53.0 Å². The van der Waals surface area contributed by atoms with Gasteiger partial charge in [0.15, 0.2) is 6.61 Å². The monoisotopic (exact) mass is 402 g/mol. The van der Waals surface area contributed by atoms with Crippen LogP contribution in [-0.2, 0) is 11.3 Å². The van der Waals surface area contributed by atoms with Gasteiger partial charge >= 0.3 is 0 Å². The quantitative estimate of drug-likeness (QED) is 0.772. The fraction of sp³-hybridized carbons (Fsp3) is 0.263. The molecular weight excluding hydrogens is 384 g/mol. The molecule has 0 bridgehead atoms. The van der Waals surface area contributed by atoms with Gasteiger partial charge in [0, 0.05) is 17.1 Å². The molecule has 0 radical (unpaired) electrons. The van der Waals surface area contributed by atoms with Crippen LogP contribution in [0.1, 0.15) is 28.8 Å². The number of carbonyl (C=O) groups excluding carboxylic acids is 2. The maximum absolute atomic E-state index is 13.1. The second-order valence-corrected chi connectivity index (χ2v) is 6.96. The Balaban J connectivity index is 1.83. The van der Waals surface area contributed by atoms with Gasteiger partial charge in [-0.3, -0.25) is 9.59 Å². The van der Waals surface area contributed by atoms with E-state index in [9.17, 15) is 9.59 Å². The van der Waals surface area contributed by atoms with Gasteiger partial charge < -0.3 is 15.4 Å². The number of primary amides is 1. The number of amides is 2. The lowest BCUT2D eigenvalue weighted by Gasteiger charge is -2.24. The average molecular weight is 403 g/mol. The van der Waals surface area contributed by atoms with E-state index >= 15 is 0 Å². The van der Waals surface area contributed by atoms with Crippen molar-refractivity contribution in [1.29, 1.82) is 0 Å². The molecule has 0 atom stereocenters. The first-order valence-corrected chi connectivity index (χ1v) is 8.89.